The van der Waals surface area contributed by atoms with E-state index in [9.17, 15) is 13.2 Å². The Labute approximate surface area is 162 Å². The molecule has 1 amide bonds. The molecule has 0 aliphatic heterocycles. The van der Waals surface area contributed by atoms with Crippen molar-refractivity contribution in [1.29, 1.82) is 0 Å². The van der Waals surface area contributed by atoms with Crippen LogP contribution in [0.3, 0.4) is 0 Å². The average molecular weight is 389 g/mol. The topological polar surface area (TPSA) is 66.5 Å². The SMILES string of the molecule is CCCCc1ccc(NC(=O)CCCN(c2ccccc2)S(C)(=O)=O)cc1. The van der Waals surface area contributed by atoms with Crippen molar-refractivity contribution >= 4 is 27.3 Å². The van der Waals surface area contributed by atoms with Gasteiger partial charge in [-0.25, -0.2) is 8.42 Å². The van der Waals surface area contributed by atoms with Gasteiger partial charge in [-0.3, -0.25) is 9.10 Å². The number of sulfonamides is 1. The molecule has 1 N–H and O–H groups in total. The number of hydrogen-bond donors (Lipinski definition) is 1. The van der Waals surface area contributed by atoms with Crippen molar-refractivity contribution in [2.24, 2.45) is 0 Å². The predicted octanol–water partition coefficient (Wildman–Crippen LogP) is 4.21. The fourth-order valence-electron chi connectivity index (χ4n) is 2.82. The van der Waals surface area contributed by atoms with E-state index in [1.54, 1.807) is 24.3 Å². The van der Waals surface area contributed by atoms with E-state index >= 15 is 0 Å². The lowest BCUT2D eigenvalue weighted by molar-refractivity contribution is -0.116. The first kappa shape index (κ1) is 21.0. The molecule has 6 heteroatoms. The molecule has 0 atom stereocenters. The van der Waals surface area contributed by atoms with Gasteiger partial charge in [0, 0.05) is 18.7 Å². The van der Waals surface area contributed by atoms with Gasteiger partial charge < -0.3 is 5.32 Å². The number of carbonyl (C=O) groups excluding carboxylic acids is 1. The number of unbranched alkanes of at least 4 members (excludes halogenated alkanes) is 1. The second-order valence-corrected chi connectivity index (χ2v) is 8.53. The van der Waals surface area contributed by atoms with Crippen LogP contribution in [0.15, 0.2) is 54.6 Å². The van der Waals surface area contributed by atoms with Gasteiger partial charge in [-0.1, -0.05) is 43.7 Å². The van der Waals surface area contributed by atoms with Crippen LogP contribution in [0.1, 0.15) is 38.2 Å². The van der Waals surface area contributed by atoms with E-state index in [4.69, 9.17) is 0 Å². The Morgan fingerprint density at radius 1 is 1.00 bits per heavy atom. The summed E-state index contributed by atoms with van der Waals surface area (Å²) in [6.07, 6.45) is 5.25. The van der Waals surface area contributed by atoms with Gasteiger partial charge in [0.15, 0.2) is 0 Å². The van der Waals surface area contributed by atoms with Crippen molar-refractivity contribution in [2.75, 3.05) is 22.4 Å². The van der Waals surface area contributed by atoms with Crippen LogP contribution in [0.25, 0.3) is 0 Å². The van der Waals surface area contributed by atoms with Gasteiger partial charge in [-0.15, -0.1) is 0 Å². The lowest BCUT2D eigenvalue weighted by Crippen LogP contribution is -2.31. The zero-order valence-corrected chi connectivity index (χ0v) is 16.8. The predicted molar refractivity (Wildman–Crippen MR) is 112 cm³/mol. The first-order valence-electron chi connectivity index (χ1n) is 9.31. The number of hydrogen-bond acceptors (Lipinski definition) is 3. The molecule has 2 aromatic carbocycles. The molecular formula is C21H28N2O3S. The maximum absolute atomic E-state index is 12.2. The molecule has 0 saturated heterocycles. The highest BCUT2D eigenvalue weighted by Gasteiger charge is 2.17. The minimum atomic E-state index is -3.39. The van der Waals surface area contributed by atoms with E-state index in [0.717, 1.165) is 24.9 Å². The number of nitrogens with one attached hydrogen (secondary N) is 1. The van der Waals surface area contributed by atoms with Crippen LogP contribution in [-0.4, -0.2) is 27.1 Å². The summed E-state index contributed by atoms with van der Waals surface area (Å²) in [5, 5.41) is 2.87. The molecule has 27 heavy (non-hydrogen) atoms. The second-order valence-electron chi connectivity index (χ2n) is 6.62. The molecule has 0 bridgehead atoms. The third kappa shape index (κ3) is 7.06. The Kier molecular flexibility index (Phi) is 7.85. The standard InChI is InChI=1S/C21H28N2O3S/c1-3-4-9-18-13-15-19(16-14-18)22-21(24)12-8-17-23(27(2,25)26)20-10-6-5-7-11-20/h5-7,10-11,13-16H,3-4,8-9,12,17H2,1-2H3,(H,22,24). The first-order valence-corrected chi connectivity index (χ1v) is 11.2. The molecule has 0 radical (unpaired) electrons. The first-order chi connectivity index (χ1) is 12.9. The van der Waals surface area contributed by atoms with E-state index in [-0.39, 0.29) is 18.9 Å². The Hall–Kier alpha value is -2.34. The van der Waals surface area contributed by atoms with Crippen LogP contribution < -0.4 is 9.62 Å². The Morgan fingerprint density at radius 2 is 1.67 bits per heavy atom. The van der Waals surface area contributed by atoms with Gasteiger partial charge >= 0.3 is 0 Å². The molecule has 0 unspecified atom stereocenters. The highest BCUT2D eigenvalue weighted by molar-refractivity contribution is 7.92. The van der Waals surface area contributed by atoms with E-state index in [2.05, 4.69) is 12.2 Å². The van der Waals surface area contributed by atoms with Crippen LogP contribution in [0.5, 0.6) is 0 Å². The Morgan fingerprint density at radius 3 is 2.26 bits per heavy atom. The van der Waals surface area contributed by atoms with E-state index in [1.807, 2.05) is 30.3 Å². The summed E-state index contributed by atoms with van der Waals surface area (Å²) in [7, 11) is -3.39. The minimum absolute atomic E-state index is 0.113. The molecule has 5 nitrogen and oxygen atoms in total. The highest BCUT2D eigenvalue weighted by atomic mass is 32.2. The molecule has 146 valence electrons. The molecule has 0 saturated carbocycles. The third-order valence-corrected chi connectivity index (χ3v) is 5.46. The van der Waals surface area contributed by atoms with E-state index < -0.39 is 10.0 Å². The lowest BCUT2D eigenvalue weighted by Gasteiger charge is -2.22. The number of nitrogens with zero attached hydrogens (tertiary/aromatic N) is 1. The second kappa shape index (κ2) is 10.1. The van der Waals surface area contributed by atoms with Gasteiger partial charge in [-0.05, 0) is 49.1 Å². The van der Waals surface area contributed by atoms with Crippen molar-refractivity contribution < 1.29 is 13.2 Å². The lowest BCUT2D eigenvalue weighted by atomic mass is 10.1. The molecule has 2 aromatic rings. The molecule has 0 aliphatic carbocycles. The van der Waals surface area contributed by atoms with Crippen LogP contribution in [0.4, 0.5) is 11.4 Å². The number of aryl methyl sites for hydroxylation is 1. The molecule has 0 aromatic heterocycles. The molecule has 0 aliphatic rings. The van der Waals surface area contributed by atoms with Gasteiger partial charge in [0.25, 0.3) is 0 Å². The molecule has 0 spiro atoms. The van der Waals surface area contributed by atoms with E-state index in [1.165, 1.54) is 16.1 Å². The summed E-state index contributed by atoms with van der Waals surface area (Å²) in [4.78, 5) is 12.2. The molecule has 0 fully saturated rings. The Bertz CT molecular complexity index is 818. The molecule has 2 rings (SSSR count). The number of para-hydroxylation sites is 1. The number of anilines is 2. The third-order valence-electron chi connectivity index (χ3n) is 4.27. The zero-order chi connectivity index (χ0) is 19.7. The quantitative estimate of drug-likeness (QED) is 0.663. The van der Waals surface area contributed by atoms with Crippen molar-refractivity contribution in [3.8, 4) is 0 Å². The van der Waals surface area contributed by atoms with Gasteiger partial charge in [-0.2, -0.15) is 0 Å². The molecular weight excluding hydrogens is 360 g/mol. The maximum atomic E-state index is 12.2. The number of amides is 1. The maximum Gasteiger partial charge on any atom is 0.232 e. The minimum Gasteiger partial charge on any atom is -0.326 e. The summed E-state index contributed by atoms with van der Waals surface area (Å²) in [6, 6.07) is 16.8. The highest BCUT2D eigenvalue weighted by Crippen LogP contribution is 2.18. The number of benzene rings is 2. The van der Waals surface area contributed by atoms with Crippen molar-refractivity contribution in [1.82, 2.24) is 0 Å². The monoisotopic (exact) mass is 388 g/mol. The number of carbonyl (C=O) groups is 1. The summed E-state index contributed by atoms with van der Waals surface area (Å²) in [6.45, 7) is 2.43. The zero-order valence-electron chi connectivity index (χ0n) is 16.0. The van der Waals surface area contributed by atoms with E-state index in [0.29, 0.717) is 12.1 Å². The van der Waals surface area contributed by atoms with Crippen LogP contribution in [0.2, 0.25) is 0 Å². The smallest absolute Gasteiger partial charge is 0.232 e. The molecule has 0 heterocycles. The fraction of sp³-hybridized carbons (Fsp3) is 0.381. The van der Waals surface area contributed by atoms with Crippen LogP contribution >= 0.6 is 0 Å². The summed E-state index contributed by atoms with van der Waals surface area (Å²) >= 11 is 0. The van der Waals surface area contributed by atoms with Crippen LogP contribution in [-0.2, 0) is 21.2 Å². The van der Waals surface area contributed by atoms with Crippen molar-refractivity contribution in [3.63, 3.8) is 0 Å². The summed E-state index contributed by atoms with van der Waals surface area (Å²) in [5.74, 6) is -0.113. The fourth-order valence-corrected chi connectivity index (χ4v) is 3.79. The summed E-state index contributed by atoms with van der Waals surface area (Å²) in [5.41, 5.74) is 2.65. The largest absolute Gasteiger partial charge is 0.326 e. The van der Waals surface area contributed by atoms with Gasteiger partial charge in [0.1, 0.15) is 0 Å². The van der Waals surface area contributed by atoms with Crippen molar-refractivity contribution in [2.45, 2.75) is 39.0 Å². The normalized spacial score (nSPS) is 11.2. The summed E-state index contributed by atoms with van der Waals surface area (Å²) < 4.78 is 25.4. The number of rotatable bonds is 10. The van der Waals surface area contributed by atoms with Crippen LogP contribution in [0, 0.1) is 0 Å². The van der Waals surface area contributed by atoms with Gasteiger partial charge in [0.05, 0.1) is 11.9 Å². The average Bonchev–Trinajstić information content (AvgIpc) is 2.64. The van der Waals surface area contributed by atoms with Crippen molar-refractivity contribution in [3.05, 3.63) is 60.2 Å². The Balaban J connectivity index is 1.85. The van der Waals surface area contributed by atoms with Gasteiger partial charge in [0.2, 0.25) is 15.9 Å².